The van der Waals surface area contributed by atoms with E-state index in [4.69, 9.17) is 4.74 Å². The first-order valence-corrected chi connectivity index (χ1v) is 6.60. The molecule has 0 heterocycles. The van der Waals surface area contributed by atoms with E-state index in [2.05, 4.69) is 13.0 Å². The predicted octanol–water partition coefficient (Wildman–Crippen LogP) is 3.24. The molecule has 0 unspecified atom stereocenters. The van der Waals surface area contributed by atoms with Gasteiger partial charge in [0.15, 0.2) is 0 Å². The fraction of sp³-hybridized carbons (Fsp3) is 0.294. The first kappa shape index (κ1) is 12.2. The standard InChI is InChI=1S/C17H18O2/c1-12-16-9-8-15(19-2)10-13(16)11-17(12,18)14-6-4-3-5-7-14/h3-10,12,18H,11H2,1-2H3/t12-,17+/m0/s1. The van der Waals surface area contributed by atoms with Gasteiger partial charge in [-0.2, -0.15) is 0 Å². The maximum absolute atomic E-state index is 11.1. The third kappa shape index (κ3) is 1.83. The predicted molar refractivity (Wildman–Crippen MR) is 75.5 cm³/mol. The molecule has 98 valence electrons. The van der Waals surface area contributed by atoms with E-state index >= 15 is 0 Å². The van der Waals surface area contributed by atoms with Gasteiger partial charge in [0.1, 0.15) is 11.4 Å². The summed E-state index contributed by atoms with van der Waals surface area (Å²) in [6, 6.07) is 16.0. The number of ether oxygens (including phenoxy) is 1. The number of rotatable bonds is 2. The van der Waals surface area contributed by atoms with Gasteiger partial charge in [-0.1, -0.05) is 43.3 Å². The normalized spacial score (nSPS) is 25.1. The topological polar surface area (TPSA) is 29.5 Å². The van der Waals surface area contributed by atoms with E-state index in [0.717, 1.165) is 11.3 Å². The van der Waals surface area contributed by atoms with Crippen LogP contribution in [-0.2, 0) is 12.0 Å². The van der Waals surface area contributed by atoms with E-state index in [-0.39, 0.29) is 5.92 Å². The molecule has 2 atom stereocenters. The SMILES string of the molecule is COc1ccc2c(c1)C[C@](O)(c1ccccc1)[C@H]2C. The van der Waals surface area contributed by atoms with E-state index < -0.39 is 5.60 Å². The third-order valence-electron chi connectivity index (χ3n) is 4.27. The summed E-state index contributed by atoms with van der Waals surface area (Å²) in [5.74, 6) is 0.944. The summed E-state index contributed by atoms with van der Waals surface area (Å²) in [5.41, 5.74) is 2.57. The van der Waals surface area contributed by atoms with Gasteiger partial charge in [-0.15, -0.1) is 0 Å². The van der Waals surface area contributed by atoms with Crippen LogP contribution < -0.4 is 4.74 Å². The van der Waals surface area contributed by atoms with Crippen LogP contribution in [-0.4, -0.2) is 12.2 Å². The molecule has 2 heteroatoms. The summed E-state index contributed by atoms with van der Waals surface area (Å²) in [6.07, 6.45) is 0.644. The van der Waals surface area contributed by atoms with Gasteiger partial charge >= 0.3 is 0 Å². The highest BCUT2D eigenvalue weighted by Crippen LogP contribution is 2.47. The van der Waals surface area contributed by atoms with E-state index in [0.29, 0.717) is 6.42 Å². The van der Waals surface area contributed by atoms with E-state index in [9.17, 15) is 5.11 Å². The van der Waals surface area contributed by atoms with Gasteiger partial charge < -0.3 is 9.84 Å². The molecule has 0 saturated carbocycles. The molecular weight excluding hydrogens is 236 g/mol. The van der Waals surface area contributed by atoms with Crippen LogP contribution in [0.2, 0.25) is 0 Å². The lowest BCUT2D eigenvalue weighted by Gasteiger charge is -2.28. The van der Waals surface area contributed by atoms with Crippen molar-refractivity contribution in [3.05, 3.63) is 65.2 Å². The van der Waals surface area contributed by atoms with Crippen molar-refractivity contribution < 1.29 is 9.84 Å². The van der Waals surface area contributed by atoms with E-state index in [1.54, 1.807) is 7.11 Å². The molecule has 0 saturated heterocycles. The molecule has 2 aromatic carbocycles. The highest BCUT2D eigenvalue weighted by molar-refractivity contribution is 5.46. The molecule has 0 aromatic heterocycles. The second-order valence-corrected chi connectivity index (χ2v) is 5.25. The first-order chi connectivity index (χ1) is 9.15. The second-order valence-electron chi connectivity index (χ2n) is 5.25. The molecular formula is C17H18O2. The summed E-state index contributed by atoms with van der Waals surface area (Å²) < 4.78 is 5.27. The van der Waals surface area contributed by atoms with Crippen LogP contribution >= 0.6 is 0 Å². The highest BCUT2D eigenvalue weighted by Gasteiger charge is 2.43. The molecule has 0 fully saturated rings. The van der Waals surface area contributed by atoms with Gasteiger partial charge in [0.2, 0.25) is 0 Å². The van der Waals surface area contributed by atoms with Crippen molar-refractivity contribution in [1.29, 1.82) is 0 Å². The lowest BCUT2D eigenvalue weighted by atomic mass is 9.83. The maximum atomic E-state index is 11.1. The lowest BCUT2D eigenvalue weighted by molar-refractivity contribution is 0.0250. The molecule has 2 nitrogen and oxygen atoms in total. The Morgan fingerprint density at radius 1 is 1.16 bits per heavy atom. The Kier molecular flexibility index (Phi) is 2.83. The fourth-order valence-corrected chi connectivity index (χ4v) is 3.06. The van der Waals surface area contributed by atoms with Crippen LogP contribution in [0.3, 0.4) is 0 Å². The molecule has 0 radical (unpaired) electrons. The lowest BCUT2D eigenvalue weighted by Crippen LogP contribution is -2.29. The summed E-state index contributed by atoms with van der Waals surface area (Å²) in [5, 5.41) is 11.1. The maximum Gasteiger partial charge on any atom is 0.119 e. The molecule has 0 aliphatic heterocycles. The molecule has 0 spiro atoms. The Labute approximate surface area is 113 Å². The van der Waals surface area contributed by atoms with Crippen LogP contribution in [0.5, 0.6) is 5.75 Å². The number of aliphatic hydroxyl groups is 1. The van der Waals surface area contributed by atoms with Gasteiger partial charge in [-0.05, 0) is 28.8 Å². The number of fused-ring (bicyclic) bond motifs is 1. The van der Waals surface area contributed by atoms with Crippen molar-refractivity contribution in [2.45, 2.75) is 24.9 Å². The molecule has 1 N–H and O–H groups in total. The third-order valence-corrected chi connectivity index (χ3v) is 4.27. The van der Waals surface area contributed by atoms with Crippen molar-refractivity contribution in [2.24, 2.45) is 0 Å². The summed E-state index contributed by atoms with van der Waals surface area (Å²) in [4.78, 5) is 0. The number of hydrogen-bond acceptors (Lipinski definition) is 2. The molecule has 2 aromatic rings. The molecule has 1 aliphatic carbocycles. The second kappa shape index (κ2) is 4.39. The Morgan fingerprint density at radius 3 is 2.58 bits per heavy atom. The van der Waals surface area contributed by atoms with Gasteiger partial charge in [0, 0.05) is 12.3 Å². The average Bonchev–Trinajstić information content (AvgIpc) is 2.72. The number of benzene rings is 2. The fourth-order valence-electron chi connectivity index (χ4n) is 3.06. The number of methoxy groups -OCH3 is 1. The van der Waals surface area contributed by atoms with Crippen molar-refractivity contribution in [3.63, 3.8) is 0 Å². The van der Waals surface area contributed by atoms with E-state index in [1.807, 2.05) is 42.5 Å². The van der Waals surface area contributed by atoms with Gasteiger partial charge in [-0.3, -0.25) is 0 Å². The van der Waals surface area contributed by atoms with Crippen molar-refractivity contribution in [1.82, 2.24) is 0 Å². The zero-order valence-electron chi connectivity index (χ0n) is 11.3. The van der Waals surface area contributed by atoms with Crippen LogP contribution in [0.1, 0.15) is 29.5 Å². The Hall–Kier alpha value is -1.80. The smallest absolute Gasteiger partial charge is 0.119 e. The monoisotopic (exact) mass is 254 g/mol. The number of hydrogen-bond donors (Lipinski definition) is 1. The van der Waals surface area contributed by atoms with Crippen molar-refractivity contribution in [2.75, 3.05) is 7.11 Å². The minimum absolute atomic E-state index is 0.0933. The highest BCUT2D eigenvalue weighted by atomic mass is 16.5. The molecule has 3 rings (SSSR count). The van der Waals surface area contributed by atoms with Gasteiger partial charge in [0.05, 0.1) is 7.11 Å². The quantitative estimate of drug-likeness (QED) is 0.891. The minimum atomic E-state index is -0.810. The first-order valence-electron chi connectivity index (χ1n) is 6.60. The molecule has 1 aliphatic rings. The average molecular weight is 254 g/mol. The largest absolute Gasteiger partial charge is 0.497 e. The van der Waals surface area contributed by atoms with E-state index in [1.165, 1.54) is 11.1 Å². The Bertz CT molecular complexity index is 591. The molecule has 19 heavy (non-hydrogen) atoms. The van der Waals surface area contributed by atoms with Crippen molar-refractivity contribution >= 4 is 0 Å². The van der Waals surface area contributed by atoms with Gasteiger partial charge in [-0.25, -0.2) is 0 Å². The zero-order chi connectivity index (χ0) is 13.5. The summed E-state index contributed by atoms with van der Waals surface area (Å²) in [7, 11) is 1.67. The summed E-state index contributed by atoms with van der Waals surface area (Å²) in [6.45, 7) is 2.09. The van der Waals surface area contributed by atoms with Crippen molar-refractivity contribution in [3.8, 4) is 5.75 Å². The molecule has 0 bridgehead atoms. The van der Waals surface area contributed by atoms with Crippen LogP contribution in [0.4, 0.5) is 0 Å². The zero-order valence-corrected chi connectivity index (χ0v) is 11.3. The van der Waals surface area contributed by atoms with Crippen LogP contribution in [0.25, 0.3) is 0 Å². The van der Waals surface area contributed by atoms with Crippen LogP contribution in [0.15, 0.2) is 48.5 Å². The van der Waals surface area contributed by atoms with Gasteiger partial charge in [0.25, 0.3) is 0 Å². The minimum Gasteiger partial charge on any atom is -0.497 e. The molecule has 0 amide bonds. The Balaban J connectivity index is 2.05. The summed E-state index contributed by atoms with van der Waals surface area (Å²) >= 11 is 0. The Morgan fingerprint density at radius 2 is 1.89 bits per heavy atom. The van der Waals surface area contributed by atoms with Crippen LogP contribution in [0, 0.1) is 0 Å².